The molecule has 1 aliphatic heterocycles. The minimum atomic E-state index is 0.677. The molecule has 0 amide bonds. The number of hydrogen-bond acceptors (Lipinski definition) is 4. The van der Waals surface area contributed by atoms with Crippen molar-refractivity contribution < 1.29 is 0 Å². The number of allylic oxidation sites excluding steroid dienone is 1. The molecule has 0 unspecified atom stereocenters. The van der Waals surface area contributed by atoms with Gasteiger partial charge in [-0.1, -0.05) is 65.0 Å². The minimum Gasteiger partial charge on any atom is -0.384 e. The van der Waals surface area contributed by atoms with Crippen molar-refractivity contribution in [3.8, 4) is 0 Å². The molecule has 4 rings (SSSR count). The molecule has 0 atom stereocenters. The Morgan fingerprint density at radius 1 is 1.10 bits per heavy atom. The van der Waals surface area contributed by atoms with E-state index in [0.29, 0.717) is 11.4 Å². The zero-order valence-corrected chi connectivity index (χ0v) is 19.6. The van der Waals surface area contributed by atoms with Gasteiger partial charge in [0.2, 0.25) is 0 Å². The number of halogens is 1. The zero-order chi connectivity index (χ0) is 21.9. The fourth-order valence-corrected chi connectivity index (χ4v) is 3.44. The van der Waals surface area contributed by atoms with E-state index in [2.05, 4.69) is 33.7 Å². The molecule has 0 spiro atoms. The fourth-order valence-electron chi connectivity index (χ4n) is 3.26. The molecular weight excluding hydrogens is 394 g/mol. The molecular formula is C24H34ClN5. The number of aromatic nitrogens is 3. The predicted molar refractivity (Wildman–Crippen MR) is 130 cm³/mol. The number of hydrogen-bond donors (Lipinski definition) is 1. The van der Waals surface area contributed by atoms with E-state index in [1.54, 1.807) is 0 Å². The number of aliphatic imine (C=N–C) groups is 1. The lowest BCUT2D eigenvalue weighted by atomic mass is 10.2. The van der Waals surface area contributed by atoms with Crippen LogP contribution in [0.1, 0.15) is 59.2 Å². The lowest BCUT2D eigenvalue weighted by Gasteiger charge is -2.08. The summed E-state index contributed by atoms with van der Waals surface area (Å²) in [6.45, 7) is 9.24. The van der Waals surface area contributed by atoms with Gasteiger partial charge in [0.05, 0.1) is 22.9 Å². The fraction of sp³-hybridized carbons (Fsp3) is 0.458. The van der Waals surface area contributed by atoms with E-state index in [1.807, 2.05) is 57.7 Å². The summed E-state index contributed by atoms with van der Waals surface area (Å²) in [5.74, 6) is 0.955. The van der Waals surface area contributed by atoms with E-state index in [9.17, 15) is 0 Å². The molecule has 0 saturated heterocycles. The molecule has 0 fully saturated rings. The lowest BCUT2D eigenvalue weighted by molar-refractivity contribution is 0.702. The average molecular weight is 428 g/mol. The van der Waals surface area contributed by atoms with E-state index < -0.39 is 0 Å². The molecule has 1 N–H and O–H groups in total. The van der Waals surface area contributed by atoms with E-state index >= 15 is 0 Å². The molecule has 6 heteroatoms. The second-order valence-corrected chi connectivity index (χ2v) is 7.42. The first-order valence-corrected chi connectivity index (χ1v) is 11.4. The van der Waals surface area contributed by atoms with Crippen molar-refractivity contribution in [1.29, 1.82) is 0 Å². The number of unbranched alkanes of at least 4 members (excludes halogenated alkanes) is 3. The molecule has 0 aliphatic carbocycles. The van der Waals surface area contributed by atoms with Crippen LogP contribution in [0.3, 0.4) is 0 Å². The SMILES string of the molecule is CC.CCCCCC.Cn1c(CC2=CNCC=N2)nc2cnc3ccc(Cl)cc3c21. The van der Waals surface area contributed by atoms with Gasteiger partial charge < -0.3 is 9.88 Å². The summed E-state index contributed by atoms with van der Waals surface area (Å²) in [6.07, 6.45) is 11.8. The van der Waals surface area contributed by atoms with Gasteiger partial charge in [0.15, 0.2) is 0 Å². The van der Waals surface area contributed by atoms with Gasteiger partial charge in [0.25, 0.3) is 0 Å². The van der Waals surface area contributed by atoms with Crippen molar-refractivity contribution in [1.82, 2.24) is 19.9 Å². The Morgan fingerprint density at radius 2 is 1.83 bits per heavy atom. The second kappa shape index (κ2) is 12.3. The quantitative estimate of drug-likeness (QED) is 0.476. The number of nitrogens with one attached hydrogen (secondary N) is 1. The smallest absolute Gasteiger partial charge is 0.115 e. The van der Waals surface area contributed by atoms with Crippen molar-refractivity contribution in [3.63, 3.8) is 0 Å². The molecule has 3 heterocycles. The van der Waals surface area contributed by atoms with E-state index in [4.69, 9.17) is 16.6 Å². The second-order valence-electron chi connectivity index (χ2n) is 6.98. The Balaban J connectivity index is 0.000000348. The Morgan fingerprint density at radius 3 is 2.47 bits per heavy atom. The highest BCUT2D eigenvalue weighted by Gasteiger charge is 2.13. The van der Waals surface area contributed by atoms with Crippen LogP contribution >= 0.6 is 11.6 Å². The topological polar surface area (TPSA) is 55.1 Å². The molecule has 3 aromatic rings. The summed E-state index contributed by atoms with van der Waals surface area (Å²) in [4.78, 5) is 13.6. The summed E-state index contributed by atoms with van der Waals surface area (Å²) in [5, 5.41) is 4.89. The molecule has 30 heavy (non-hydrogen) atoms. The Bertz CT molecular complexity index is 1000. The third-order valence-corrected chi connectivity index (χ3v) is 5.02. The normalized spacial score (nSPS) is 12.5. The van der Waals surface area contributed by atoms with Crippen LogP contribution in [0.4, 0.5) is 0 Å². The van der Waals surface area contributed by atoms with Gasteiger partial charge in [0, 0.05) is 42.8 Å². The first kappa shape index (κ1) is 23.9. The third kappa shape index (κ3) is 6.05. The van der Waals surface area contributed by atoms with Crippen LogP contribution in [-0.2, 0) is 13.5 Å². The number of fused-ring (bicyclic) bond motifs is 3. The van der Waals surface area contributed by atoms with Gasteiger partial charge in [-0.3, -0.25) is 9.98 Å². The summed E-state index contributed by atoms with van der Waals surface area (Å²) in [7, 11) is 2.02. The average Bonchev–Trinajstić information content (AvgIpc) is 3.10. The Labute approximate surface area is 185 Å². The van der Waals surface area contributed by atoms with Crippen LogP contribution in [0.5, 0.6) is 0 Å². The van der Waals surface area contributed by atoms with Crippen molar-refractivity contribution in [3.05, 3.63) is 47.1 Å². The largest absolute Gasteiger partial charge is 0.384 e. The summed E-state index contributed by atoms with van der Waals surface area (Å²) in [6, 6.07) is 5.73. The highest BCUT2D eigenvalue weighted by molar-refractivity contribution is 6.31. The molecule has 162 valence electrons. The van der Waals surface area contributed by atoms with Crippen LogP contribution in [-0.4, -0.2) is 27.3 Å². The molecule has 0 saturated carbocycles. The summed E-state index contributed by atoms with van der Waals surface area (Å²) in [5.41, 5.74) is 3.82. The van der Waals surface area contributed by atoms with Crippen molar-refractivity contribution >= 4 is 39.8 Å². The third-order valence-electron chi connectivity index (χ3n) is 4.79. The maximum atomic E-state index is 6.14. The molecule has 0 radical (unpaired) electrons. The minimum absolute atomic E-state index is 0.677. The standard InChI is InChI=1S/C16H14ClN5.C6H14.C2H6/c1-22-15(7-11-8-18-4-5-19-11)21-14-9-20-13-3-2-10(17)6-12(13)16(14)22;1-3-5-6-4-2;1-2/h2-3,5-6,8-9,18H,4,7H2,1H3;3-6H2,1-2H3;1-2H3. The number of benzene rings is 1. The number of aryl methyl sites for hydroxylation is 1. The maximum Gasteiger partial charge on any atom is 0.115 e. The van der Waals surface area contributed by atoms with Crippen molar-refractivity contribution in [2.75, 3.05) is 6.54 Å². The van der Waals surface area contributed by atoms with Crippen LogP contribution in [0.2, 0.25) is 5.02 Å². The van der Waals surface area contributed by atoms with E-state index in [-0.39, 0.29) is 0 Å². The molecule has 5 nitrogen and oxygen atoms in total. The van der Waals surface area contributed by atoms with Gasteiger partial charge in [0.1, 0.15) is 11.3 Å². The summed E-state index contributed by atoms with van der Waals surface area (Å²) >= 11 is 6.14. The molecule has 0 bridgehead atoms. The van der Waals surface area contributed by atoms with Gasteiger partial charge in [-0.05, 0) is 18.2 Å². The number of rotatable bonds is 5. The summed E-state index contributed by atoms with van der Waals surface area (Å²) < 4.78 is 2.10. The van der Waals surface area contributed by atoms with Crippen LogP contribution in [0.15, 0.2) is 41.3 Å². The van der Waals surface area contributed by atoms with Gasteiger partial charge >= 0.3 is 0 Å². The molecule has 2 aromatic heterocycles. The number of imidazole rings is 1. The molecule has 1 aliphatic rings. The lowest BCUT2D eigenvalue weighted by Crippen LogP contribution is -2.14. The highest BCUT2D eigenvalue weighted by Crippen LogP contribution is 2.27. The van der Waals surface area contributed by atoms with E-state index in [1.165, 1.54) is 25.7 Å². The highest BCUT2D eigenvalue weighted by atomic mass is 35.5. The van der Waals surface area contributed by atoms with Crippen LogP contribution in [0.25, 0.3) is 21.9 Å². The Hall–Kier alpha value is -2.40. The van der Waals surface area contributed by atoms with Crippen LogP contribution < -0.4 is 5.32 Å². The Kier molecular flexibility index (Phi) is 9.81. The van der Waals surface area contributed by atoms with Crippen molar-refractivity contribution in [2.45, 2.75) is 59.8 Å². The monoisotopic (exact) mass is 427 g/mol. The number of nitrogens with zero attached hydrogens (tertiary/aromatic N) is 4. The first-order chi connectivity index (χ1) is 14.6. The predicted octanol–water partition coefficient (Wildman–Crippen LogP) is 6.45. The van der Waals surface area contributed by atoms with Gasteiger partial charge in [-0.25, -0.2) is 4.98 Å². The zero-order valence-electron chi connectivity index (χ0n) is 18.9. The van der Waals surface area contributed by atoms with E-state index in [0.717, 1.165) is 40.0 Å². The van der Waals surface area contributed by atoms with Crippen LogP contribution in [0, 0.1) is 0 Å². The first-order valence-electron chi connectivity index (χ1n) is 11.0. The van der Waals surface area contributed by atoms with Crippen molar-refractivity contribution in [2.24, 2.45) is 12.0 Å². The number of pyridine rings is 1. The van der Waals surface area contributed by atoms with Gasteiger partial charge in [-0.15, -0.1) is 0 Å². The van der Waals surface area contributed by atoms with Gasteiger partial charge in [-0.2, -0.15) is 0 Å². The maximum absolute atomic E-state index is 6.14. The molecule has 1 aromatic carbocycles.